The zero-order chi connectivity index (χ0) is 13.1. The van der Waals surface area contributed by atoms with E-state index in [1.54, 1.807) is 0 Å². The van der Waals surface area contributed by atoms with Crippen LogP contribution in [0.4, 0.5) is 6.01 Å². The van der Waals surface area contributed by atoms with E-state index in [9.17, 15) is 0 Å². The van der Waals surface area contributed by atoms with Gasteiger partial charge in [-0.1, -0.05) is 13.3 Å². The topological polar surface area (TPSA) is 41.3 Å². The van der Waals surface area contributed by atoms with Crippen molar-refractivity contribution in [2.45, 2.75) is 58.0 Å². The van der Waals surface area contributed by atoms with Crippen molar-refractivity contribution < 1.29 is 4.42 Å². The Morgan fingerprint density at radius 2 is 2.21 bits per heavy atom. The molecule has 1 aliphatic carbocycles. The molecule has 106 valence electrons. The summed E-state index contributed by atoms with van der Waals surface area (Å²) in [6.45, 7) is 5.33. The molecular weight excluding hydrogens is 238 g/mol. The van der Waals surface area contributed by atoms with E-state index in [1.165, 1.54) is 38.5 Å². The Morgan fingerprint density at radius 1 is 1.32 bits per heavy atom. The van der Waals surface area contributed by atoms with Gasteiger partial charge in [0, 0.05) is 25.7 Å². The van der Waals surface area contributed by atoms with E-state index < -0.39 is 0 Å². The van der Waals surface area contributed by atoms with Gasteiger partial charge in [0.05, 0.1) is 5.69 Å². The largest absolute Gasteiger partial charge is 0.432 e. The van der Waals surface area contributed by atoms with Crippen LogP contribution in [0.1, 0.15) is 51.1 Å². The molecule has 4 nitrogen and oxygen atoms in total. The molecule has 1 N–H and O–H groups in total. The second kappa shape index (κ2) is 5.95. The van der Waals surface area contributed by atoms with Crippen LogP contribution in [-0.2, 0) is 6.54 Å². The Hall–Kier alpha value is -1.03. The van der Waals surface area contributed by atoms with Gasteiger partial charge in [-0.2, -0.15) is 4.98 Å². The highest BCUT2D eigenvalue weighted by Crippen LogP contribution is 2.24. The van der Waals surface area contributed by atoms with E-state index in [4.69, 9.17) is 4.42 Å². The van der Waals surface area contributed by atoms with Crippen LogP contribution in [0, 0.1) is 5.92 Å². The van der Waals surface area contributed by atoms with Crippen molar-refractivity contribution in [2.24, 2.45) is 5.92 Å². The number of rotatable bonds is 5. The fourth-order valence-electron chi connectivity index (χ4n) is 2.82. The van der Waals surface area contributed by atoms with Gasteiger partial charge in [-0.15, -0.1) is 0 Å². The van der Waals surface area contributed by atoms with E-state index in [0.717, 1.165) is 43.3 Å². The first-order chi connectivity index (χ1) is 9.35. The Kier molecular flexibility index (Phi) is 4.06. The molecule has 1 saturated heterocycles. The Labute approximate surface area is 115 Å². The standard InChI is InChI=1S/C15H25N3O/c1-2-12-4-3-8-18(9-7-12)15-17-14(11-19-15)10-16-13-5-6-13/h11-13,16H,2-10H2,1H3. The molecule has 4 heteroatoms. The third-order valence-corrected chi connectivity index (χ3v) is 4.38. The highest BCUT2D eigenvalue weighted by Gasteiger charge is 2.22. The fourth-order valence-corrected chi connectivity index (χ4v) is 2.82. The lowest BCUT2D eigenvalue weighted by molar-refractivity contribution is 0.458. The number of anilines is 1. The molecule has 1 aromatic rings. The number of hydrogen-bond acceptors (Lipinski definition) is 4. The summed E-state index contributed by atoms with van der Waals surface area (Å²) in [6.07, 6.45) is 9.63. The monoisotopic (exact) mass is 263 g/mol. The summed E-state index contributed by atoms with van der Waals surface area (Å²) >= 11 is 0. The number of aromatic nitrogens is 1. The van der Waals surface area contributed by atoms with Gasteiger partial charge in [-0.25, -0.2) is 0 Å². The first-order valence-electron chi connectivity index (χ1n) is 7.78. The molecule has 0 radical (unpaired) electrons. The maximum absolute atomic E-state index is 5.66. The smallest absolute Gasteiger partial charge is 0.297 e. The first kappa shape index (κ1) is 13.0. The molecule has 2 heterocycles. The van der Waals surface area contributed by atoms with Crippen LogP contribution >= 0.6 is 0 Å². The van der Waals surface area contributed by atoms with Gasteiger partial charge in [0.1, 0.15) is 6.26 Å². The summed E-state index contributed by atoms with van der Waals surface area (Å²) in [5, 5.41) is 3.48. The molecule has 0 aromatic carbocycles. The molecule has 1 atom stereocenters. The predicted octanol–water partition coefficient (Wildman–Crippen LogP) is 2.94. The normalized spacial score (nSPS) is 24.5. The van der Waals surface area contributed by atoms with Crippen LogP contribution in [0.2, 0.25) is 0 Å². The van der Waals surface area contributed by atoms with Crippen LogP contribution in [0.3, 0.4) is 0 Å². The molecule has 2 aliphatic rings. The van der Waals surface area contributed by atoms with Crippen molar-refractivity contribution in [1.29, 1.82) is 0 Å². The summed E-state index contributed by atoms with van der Waals surface area (Å²) in [5.41, 5.74) is 1.04. The van der Waals surface area contributed by atoms with Crippen LogP contribution < -0.4 is 10.2 Å². The summed E-state index contributed by atoms with van der Waals surface area (Å²) < 4.78 is 5.66. The number of hydrogen-bond donors (Lipinski definition) is 1. The van der Waals surface area contributed by atoms with E-state index in [-0.39, 0.29) is 0 Å². The van der Waals surface area contributed by atoms with Gasteiger partial charge >= 0.3 is 0 Å². The minimum atomic E-state index is 0.726. The van der Waals surface area contributed by atoms with E-state index >= 15 is 0 Å². The van der Waals surface area contributed by atoms with Crippen LogP contribution in [0.25, 0.3) is 0 Å². The molecule has 0 bridgehead atoms. The average Bonchev–Trinajstić information content (AvgIpc) is 3.20. The predicted molar refractivity (Wildman–Crippen MR) is 76.2 cm³/mol. The van der Waals surface area contributed by atoms with Gasteiger partial charge in [-0.05, 0) is 38.0 Å². The molecule has 2 fully saturated rings. The highest BCUT2D eigenvalue weighted by atomic mass is 16.4. The lowest BCUT2D eigenvalue weighted by atomic mass is 9.98. The van der Waals surface area contributed by atoms with Crippen molar-refractivity contribution in [3.8, 4) is 0 Å². The SMILES string of the molecule is CCC1CCCN(c2nc(CNC3CC3)co2)CC1. The molecule has 3 rings (SSSR count). The highest BCUT2D eigenvalue weighted by molar-refractivity contribution is 5.27. The second-order valence-electron chi connectivity index (χ2n) is 5.97. The Balaban J connectivity index is 1.55. The van der Waals surface area contributed by atoms with Gasteiger partial charge in [0.15, 0.2) is 0 Å². The Bertz CT molecular complexity index is 400. The fraction of sp³-hybridized carbons (Fsp3) is 0.800. The van der Waals surface area contributed by atoms with Gasteiger partial charge in [0.25, 0.3) is 6.01 Å². The second-order valence-corrected chi connectivity index (χ2v) is 5.97. The number of nitrogens with one attached hydrogen (secondary N) is 1. The molecular formula is C15H25N3O. The van der Waals surface area contributed by atoms with Gasteiger partial charge < -0.3 is 14.6 Å². The van der Waals surface area contributed by atoms with Crippen molar-refractivity contribution in [2.75, 3.05) is 18.0 Å². The summed E-state index contributed by atoms with van der Waals surface area (Å²) in [7, 11) is 0. The minimum absolute atomic E-state index is 0.726. The van der Waals surface area contributed by atoms with Gasteiger partial charge in [-0.3, -0.25) is 0 Å². The molecule has 19 heavy (non-hydrogen) atoms. The number of nitrogens with zero attached hydrogens (tertiary/aromatic N) is 2. The molecule has 1 unspecified atom stereocenters. The van der Waals surface area contributed by atoms with Crippen LogP contribution in [-0.4, -0.2) is 24.1 Å². The number of oxazole rings is 1. The maximum Gasteiger partial charge on any atom is 0.297 e. The zero-order valence-corrected chi connectivity index (χ0v) is 11.9. The van der Waals surface area contributed by atoms with Crippen molar-refractivity contribution in [1.82, 2.24) is 10.3 Å². The van der Waals surface area contributed by atoms with Crippen LogP contribution in [0.15, 0.2) is 10.7 Å². The molecule has 1 aromatic heterocycles. The van der Waals surface area contributed by atoms with E-state index in [1.807, 2.05) is 6.26 Å². The summed E-state index contributed by atoms with van der Waals surface area (Å²) in [6, 6.07) is 1.55. The third kappa shape index (κ3) is 3.50. The summed E-state index contributed by atoms with van der Waals surface area (Å²) in [5.74, 6) is 0.885. The van der Waals surface area contributed by atoms with Crippen molar-refractivity contribution >= 4 is 6.01 Å². The molecule has 1 saturated carbocycles. The van der Waals surface area contributed by atoms with E-state index in [0.29, 0.717) is 0 Å². The third-order valence-electron chi connectivity index (χ3n) is 4.38. The van der Waals surface area contributed by atoms with Gasteiger partial charge in [0.2, 0.25) is 0 Å². The molecule has 0 spiro atoms. The van der Waals surface area contributed by atoms with Crippen molar-refractivity contribution in [3.63, 3.8) is 0 Å². The Morgan fingerprint density at radius 3 is 3.00 bits per heavy atom. The van der Waals surface area contributed by atoms with Crippen molar-refractivity contribution in [3.05, 3.63) is 12.0 Å². The summed E-state index contributed by atoms with van der Waals surface area (Å²) in [4.78, 5) is 6.94. The van der Waals surface area contributed by atoms with Crippen LogP contribution in [0.5, 0.6) is 0 Å². The van der Waals surface area contributed by atoms with E-state index in [2.05, 4.69) is 22.1 Å². The lowest BCUT2D eigenvalue weighted by Crippen LogP contribution is -2.24. The maximum atomic E-state index is 5.66. The quantitative estimate of drug-likeness (QED) is 0.887. The molecule has 0 amide bonds. The zero-order valence-electron chi connectivity index (χ0n) is 11.9. The minimum Gasteiger partial charge on any atom is -0.432 e. The first-order valence-corrected chi connectivity index (χ1v) is 7.78. The average molecular weight is 263 g/mol. The molecule has 1 aliphatic heterocycles. The lowest BCUT2D eigenvalue weighted by Gasteiger charge is -2.17.